The molecule has 1 saturated heterocycles. The van der Waals surface area contributed by atoms with Crippen LogP contribution in [0.3, 0.4) is 0 Å². The number of hydrogen-bond donors (Lipinski definition) is 1. The first-order valence-corrected chi connectivity index (χ1v) is 7.66. The summed E-state index contributed by atoms with van der Waals surface area (Å²) in [5, 5.41) is 1.14. The van der Waals surface area contributed by atoms with Crippen molar-refractivity contribution in [1.29, 1.82) is 0 Å². The third kappa shape index (κ3) is 3.18. The first-order chi connectivity index (χ1) is 10.4. The summed E-state index contributed by atoms with van der Waals surface area (Å²) in [6.07, 6.45) is 3.08. The van der Waals surface area contributed by atoms with Gasteiger partial charge in [-0.15, -0.1) is 0 Å². The fourth-order valence-electron chi connectivity index (χ4n) is 2.65. The van der Waals surface area contributed by atoms with Crippen LogP contribution in [0, 0.1) is 0 Å². The maximum atomic E-state index is 12.3. The van der Waals surface area contributed by atoms with Gasteiger partial charge in [0.2, 0.25) is 0 Å². The number of fused-ring (bicyclic) bond motifs is 1. The summed E-state index contributed by atoms with van der Waals surface area (Å²) < 4.78 is 11.5. The largest absolute Gasteiger partial charge is 0.470 e. The fraction of sp³-hybridized carbons (Fsp3) is 0.471. The Hall–Kier alpha value is -2.17. The number of likely N-dealkylation sites (tertiary alicyclic amines) is 1. The summed E-state index contributed by atoms with van der Waals surface area (Å²) >= 11 is 0. The Bertz CT molecular complexity index is 672. The Labute approximate surface area is 130 Å². The van der Waals surface area contributed by atoms with Gasteiger partial charge in [0.1, 0.15) is 11.4 Å². The minimum absolute atomic E-state index is 0.262. The zero-order chi connectivity index (χ0) is 15.7. The van der Waals surface area contributed by atoms with Crippen LogP contribution < -0.4 is 4.74 Å². The van der Waals surface area contributed by atoms with Crippen LogP contribution in [-0.4, -0.2) is 34.4 Å². The second kappa shape index (κ2) is 5.55. The van der Waals surface area contributed by atoms with E-state index in [1.165, 1.54) is 0 Å². The molecule has 1 atom stereocenters. The molecule has 5 heteroatoms. The Balaban J connectivity index is 1.71. The summed E-state index contributed by atoms with van der Waals surface area (Å²) in [6.45, 7) is 6.28. The molecule has 0 aliphatic carbocycles. The average molecular weight is 302 g/mol. The SMILES string of the molecule is CC(C)(C)OC(=O)N1CCCC1Oc1ccc2cc[nH]c2c1. The van der Waals surface area contributed by atoms with Gasteiger partial charge in [0.05, 0.1) is 0 Å². The molecule has 0 radical (unpaired) electrons. The lowest BCUT2D eigenvalue weighted by atomic mass is 10.2. The number of carbonyl (C=O) groups excluding carboxylic acids is 1. The average Bonchev–Trinajstić information content (AvgIpc) is 3.04. The molecule has 2 heterocycles. The lowest BCUT2D eigenvalue weighted by Crippen LogP contribution is -2.42. The predicted molar refractivity (Wildman–Crippen MR) is 84.9 cm³/mol. The highest BCUT2D eigenvalue weighted by molar-refractivity contribution is 5.80. The molecular formula is C17H22N2O3. The van der Waals surface area contributed by atoms with Gasteiger partial charge in [-0.1, -0.05) is 0 Å². The van der Waals surface area contributed by atoms with Gasteiger partial charge in [-0.05, 0) is 50.8 Å². The molecule has 1 N–H and O–H groups in total. The summed E-state index contributed by atoms with van der Waals surface area (Å²) in [6, 6.07) is 7.91. The number of amides is 1. The molecule has 1 fully saturated rings. The topological polar surface area (TPSA) is 54.6 Å². The van der Waals surface area contributed by atoms with Crippen molar-refractivity contribution in [2.45, 2.75) is 45.4 Å². The third-order valence-electron chi connectivity index (χ3n) is 3.62. The lowest BCUT2D eigenvalue weighted by Gasteiger charge is -2.28. The normalized spacial score (nSPS) is 18.7. The molecular weight excluding hydrogens is 280 g/mol. The van der Waals surface area contributed by atoms with Crippen LogP contribution in [0.5, 0.6) is 5.75 Å². The molecule has 1 aliphatic heterocycles. The highest BCUT2D eigenvalue weighted by Gasteiger charge is 2.33. The van der Waals surface area contributed by atoms with E-state index in [1.807, 2.05) is 51.2 Å². The van der Waals surface area contributed by atoms with Crippen molar-refractivity contribution in [1.82, 2.24) is 9.88 Å². The maximum Gasteiger partial charge on any atom is 0.413 e. The zero-order valence-electron chi connectivity index (χ0n) is 13.3. The van der Waals surface area contributed by atoms with Crippen LogP contribution in [0.1, 0.15) is 33.6 Å². The van der Waals surface area contributed by atoms with Gasteiger partial charge in [0.15, 0.2) is 6.23 Å². The molecule has 1 unspecified atom stereocenters. The minimum Gasteiger partial charge on any atom is -0.470 e. The van der Waals surface area contributed by atoms with E-state index in [1.54, 1.807) is 4.90 Å². The highest BCUT2D eigenvalue weighted by Crippen LogP contribution is 2.26. The molecule has 1 aromatic carbocycles. The molecule has 118 valence electrons. The van der Waals surface area contributed by atoms with E-state index in [-0.39, 0.29) is 12.3 Å². The van der Waals surface area contributed by atoms with E-state index in [0.29, 0.717) is 6.54 Å². The Morgan fingerprint density at radius 1 is 1.32 bits per heavy atom. The molecule has 2 aromatic rings. The van der Waals surface area contributed by atoms with Gasteiger partial charge in [0, 0.05) is 30.7 Å². The highest BCUT2D eigenvalue weighted by atomic mass is 16.6. The molecule has 22 heavy (non-hydrogen) atoms. The lowest BCUT2D eigenvalue weighted by molar-refractivity contribution is -0.00505. The first kappa shape index (κ1) is 14.8. The molecule has 5 nitrogen and oxygen atoms in total. The Morgan fingerprint density at radius 2 is 2.14 bits per heavy atom. The molecule has 3 rings (SSSR count). The van der Waals surface area contributed by atoms with Gasteiger partial charge in [0.25, 0.3) is 0 Å². The van der Waals surface area contributed by atoms with Crippen LogP contribution in [0.15, 0.2) is 30.5 Å². The minimum atomic E-state index is -0.493. The van der Waals surface area contributed by atoms with Crippen LogP contribution in [0.4, 0.5) is 4.79 Å². The monoisotopic (exact) mass is 302 g/mol. The number of ether oxygens (including phenoxy) is 2. The summed E-state index contributed by atoms with van der Waals surface area (Å²) in [5.74, 6) is 0.760. The predicted octanol–water partition coefficient (Wildman–Crippen LogP) is 3.90. The molecule has 1 amide bonds. The van der Waals surface area contributed by atoms with Crippen molar-refractivity contribution in [2.24, 2.45) is 0 Å². The van der Waals surface area contributed by atoms with Gasteiger partial charge in [-0.2, -0.15) is 0 Å². The van der Waals surface area contributed by atoms with Crippen LogP contribution >= 0.6 is 0 Å². The van der Waals surface area contributed by atoms with Crippen LogP contribution in [0.25, 0.3) is 10.9 Å². The molecule has 1 aliphatic rings. The zero-order valence-corrected chi connectivity index (χ0v) is 13.3. The third-order valence-corrected chi connectivity index (χ3v) is 3.62. The quantitative estimate of drug-likeness (QED) is 0.915. The number of nitrogens with one attached hydrogen (secondary N) is 1. The van der Waals surface area contributed by atoms with E-state index in [4.69, 9.17) is 9.47 Å². The number of H-pyrrole nitrogens is 1. The summed E-state index contributed by atoms with van der Waals surface area (Å²) in [5.41, 5.74) is 0.534. The number of rotatable bonds is 2. The number of aromatic amines is 1. The van der Waals surface area contributed by atoms with Gasteiger partial charge in [-0.25, -0.2) is 4.79 Å². The van der Waals surface area contributed by atoms with Crippen molar-refractivity contribution < 1.29 is 14.3 Å². The number of carbonyl (C=O) groups is 1. The second-order valence-electron chi connectivity index (χ2n) is 6.62. The Kier molecular flexibility index (Phi) is 3.72. The van der Waals surface area contributed by atoms with Gasteiger partial charge < -0.3 is 14.5 Å². The number of hydrogen-bond acceptors (Lipinski definition) is 3. The molecule has 0 saturated carbocycles. The van der Waals surface area contributed by atoms with Crippen molar-refractivity contribution in [3.63, 3.8) is 0 Å². The summed E-state index contributed by atoms with van der Waals surface area (Å²) in [7, 11) is 0. The van der Waals surface area contributed by atoms with Crippen molar-refractivity contribution in [2.75, 3.05) is 6.54 Å². The Morgan fingerprint density at radius 3 is 2.91 bits per heavy atom. The molecule has 0 spiro atoms. The number of benzene rings is 1. The van der Waals surface area contributed by atoms with Gasteiger partial charge >= 0.3 is 6.09 Å². The van der Waals surface area contributed by atoms with Gasteiger partial charge in [-0.3, -0.25) is 4.90 Å². The van der Waals surface area contributed by atoms with E-state index in [9.17, 15) is 4.79 Å². The van der Waals surface area contributed by atoms with E-state index in [0.717, 1.165) is 29.5 Å². The molecule has 0 bridgehead atoms. The maximum absolute atomic E-state index is 12.3. The summed E-state index contributed by atoms with van der Waals surface area (Å²) in [4.78, 5) is 17.1. The van der Waals surface area contributed by atoms with E-state index in [2.05, 4.69) is 4.98 Å². The van der Waals surface area contributed by atoms with Crippen LogP contribution in [-0.2, 0) is 4.74 Å². The van der Waals surface area contributed by atoms with E-state index >= 15 is 0 Å². The first-order valence-electron chi connectivity index (χ1n) is 7.66. The van der Waals surface area contributed by atoms with Crippen molar-refractivity contribution in [3.8, 4) is 5.75 Å². The van der Waals surface area contributed by atoms with E-state index < -0.39 is 5.60 Å². The number of nitrogens with zero attached hydrogens (tertiary/aromatic N) is 1. The van der Waals surface area contributed by atoms with Crippen molar-refractivity contribution in [3.05, 3.63) is 30.5 Å². The smallest absolute Gasteiger partial charge is 0.413 e. The van der Waals surface area contributed by atoms with Crippen LogP contribution in [0.2, 0.25) is 0 Å². The second-order valence-corrected chi connectivity index (χ2v) is 6.62. The molecule has 1 aromatic heterocycles. The number of aromatic nitrogens is 1. The standard InChI is InChI=1S/C17H22N2O3/c1-17(2,3)22-16(20)19-10-4-5-15(19)21-13-7-6-12-8-9-18-14(12)11-13/h6-9,11,15,18H,4-5,10H2,1-3H3. The van der Waals surface area contributed by atoms with Crippen molar-refractivity contribution >= 4 is 17.0 Å². The fourth-order valence-corrected chi connectivity index (χ4v) is 2.65.